The summed E-state index contributed by atoms with van der Waals surface area (Å²) in [6, 6.07) is 8.55. The summed E-state index contributed by atoms with van der Waals surface area (Å²) >= 11 is 3.45. The Morgan fingerprint density at radius 3 is 2.67 bits per heavy atom. The number of methoxy groups -OCH3 is 1. The highest BCUT2D eigenvalue weighted by molar-refractivity contribution is 9.09. The molecule has 1 aromatic rings. The molecule has 1 aromatic carbocycles. The topological polar surface area (TPSA) is 21.6 Å². The molecule has 0 fully saturated rings. The van der Waals surface area contributed by atoms with Gasteiger partial charge in [0.25, 0.3) is 0 Å². The van der Waals surface area contributed by atoms with Crippen molar-refractivity contribution in [2.45, 2.75) is 18.9 Å². The maximum absolute atomic E-state index is 5.13. The number of nitrogens with zero attached hydrogens (tertiary/aromatic N) is 1. The van der Waals surface area contributed by atoms with E-state index in [2.05, 4.69) is 33.1 Å². The van der Waals surface area contributed by atoms with E-state index in [0.717, 1.165) is 23.9 Å². The molecule has 80 valence electrons. The monoisotopic (exact) mass is 267 g/mol. The van der Waals surface area contributed by atoms with Crippen LogP contribution in [0, 0.1) is 0 Å². The minimum atomic E-state index is 0.350. The van der Waals surface area contributed by atoms with Gasteiger partial charge in [0.05, 0.1) is 13.2 Å². The van der Waals surface area contributed by atoms with E-state index in [9.17, 15) is 0 Å². The summed E-state index contributed by atoms with van der Waals surface area (Å²) in [6.07, 6.45) is 2.25. The Kier molecular flexibility index (Phi) is 3.41. The fourth-order valence-electron chi connectivity index (χ4n) is 1.82. The van der Waals surface area contributed by atoms with Gasteiger partial charge in [-0.2, -0.15) is 0 Å². The van der Waals surface area contributed by atoms with E-state index in [-0.39, 0.29) is 0 Å². The molecule has 0 saturated heterocycles. The van der Waals surface area contributed by atoms with Gasteiger partial charge < -0.3 is 4.74 Å². The van der Waals surface area contributed by atoms with Crippen LogP contribution in [0.4, 0.5) is 0 Å². The average molecular weight is 268 g/mol. The van der Waals surface area contributed by atoms with Crippen LogP contribution in [0.15, 0.2) is 29.3 Å². The van der Waals surface area contributed by atoms with E-state index in [4.69, 9.17) is 4.74 Å². The lowest BCUT2D eigenvalue weighted by atomic mass is 10.0. The van der Waals surface area contributed by atoms with Crippen LogP contribution in [-0.2, 0) is 0 Å². The van der Waals surface area contributed by atoms with Crippen LogP contribution in [0.2, 0.25) is 0 Å². The van der Waals surface area contributed by atoms with Gasteiger partial charge in [-0.3, -0.25) is 4.99 Å². The van der Waals surface area contributed by atoms with Crippen LogP contribution >= 0.6 is 15.9 Å². The van der Waals surface area contributed by atoms with E-state index in [1.165, 1.54) is 11.3 Å². The Bertz CT molecular complexity index is 358. The predicted octanol–water partition coefficient (Wildman–Crippen LogP) is 3.37. The Morgan fingerprint density at radius 1 is 1.40 bits per heavy atom. The summed E-state index contributed by atoms with van der Waals surface area (Å²) in [7, 11) is 1.69. The molecule has 0 spiro atoms. The summed E-state index contributed by atoms with van der Waals surface area (Å²) in [5.41, 5.74) is 2.56. The molecule has 1 heterocycles. The molecule has 1 unspecified atom stereocenters. The number of hydrogen-bond donors (Lipinski definition) is 0. The molecule has 1 aliphatic heterocycles. The Labute approximate surface area is 98.5 Å². The van der Waals surface area contributed by atoms with Gasteiger partial charge in [0.1, 0.15) is 5.75 Å². The summed E-state index contributed by atoms with van der Waals surface area (Å²) in [5.74, 6) is 0.904. The van der Waals surface area contributed by atoms with Gasteiger partial charge in [-0.15, -0.1) is 0 Å². The zero-order valence-electron chi connectivity index (χ0n) is 8.74. The lowest BCUT2D eigenvalue weighted by molar-refractivity contribution is 0.414. The van der Waals surface area contributed by atoms with E-state index in [1.807, 2.05) is 12.1 Å². The first kappa shape index (κ1) is 10.7. The second kappa shape index (κ2) is 4.79. The van der Waals surface area contributed by atoms with Crippen LogP contribution in [0.25, 0.3) is 0 Å². The van der Waals surface area contributed by atoms with E-state index in [0.29, 0.717) is 6.04 Å². The van der Waals surface area contributed by atoms with Crippen molar-refractivity contribution < 1.29 is 4.74 Å². The molecular formula is C12H14BrNO. The Morgan fingerprint density at radius 2 is 2.13 bits per heavy atom. The fraction of sp³-hybridized carbons (Fsp3) is 0.417. The fourth-order valence-corrected chi connectivity index (χ4v) is 2.25. The van der Waals surface area contributed by atoms with E-state index >= 15 is 0 Å². The number of rotatable bonds is 3. The minimum Gasteiger partial charge on any atom is -0.497 e. The third-order valence-corrected chi connectivity index (χ3v) is 3.35. The molecule has 0 N–H and O–H groups in total. The Hall–Kier alpha value is -0.830. The van der Waals surface area contributed by atoms with Crippen LogP contribution in [0.3, 0.4) is 0 Å². The van der Waals surface area contributed by atoms with Gasteiger partial charge in [0.2, 0.25) is 0 Å². The molecule has 1 atom stereocenters. The number of ether oxygens (including phenoxy) is 1. The van der Waals surface area contributed by atoms with Crippen molar-refractivity contribution in [3.63, 3.8) is 0 Å². The Balaban J connectivity index is 2.13. The number of hydrogen-bond acceptors (Lipinski definition) is 2. The molecule has 0 bridgehead atoms. The highest BCUT2D eigenvalue weighted by Gasteiger charge is 2.17. The molecule has 3 heteroatoms. The molecule has 15 heavy (non-hydrogen) atoms. The van der Waals surface area contributed by atoms with E-state index in [1.54, 1.807) is 7.11 Å². The number of benzene rings is 1. The van der Waals surface area contributed by atoms with Gasteiger partial charge in [-0.25, -0.2) is 0 Å². The number of aliphatic imine (C=N–C) groups is 1. The molecule has 0 aliphatic carbocycles. The lowest BCUT2D eigenvalue weighted by Crippen LogP contribution is -1.91. The largest absolute Gasteiger partial charge is 0.497 e. The van der Waals surface area contributed by atoms with Crippen LogP contribution in [0.5, 0.6) is 5.75 Å². The van der Waals surface area contributed by atoms with Crippen molar-refractivity contribution in [2.75, 3.05) is 12.4 Å². The smallest absolute Gasteiger partial charge is 0.118 e. The normalized spacial score (nSPS) is 20.1. The lowest BCUT2D eigenvalue weighted by Gasteiger charge is -2.07. The standard InChI is InChI=1S/C12H14BrNO/c1-15-11-5-2-9(3-6-11)12-7-4-10(8-13)14-12/h2-3,5-6,12H,4,7-8H2,1H3. The first-order valence-electron chi connectivity index (χ1n) is 5.09. The maximum atomic E-state index is 5.13. The third-order valence-electron chi connectivity index (χ3n) is 2.70. The predicted molar refractivity (Wildman–Crippen MR) is 66.2 cm³/mol. The molecule has 2 nitrogen and oxygen atoms in total. The second-order valence-corrected chi connectivity index (χ2v) is 4.22. The summed E-state index contributed by atoms with van der Waals surface area (Å²) in [6.45, 7) is 0. The third kappa shape index (κ3) is 2.40. The van der Waals surface area contributed by atoms with Crippen molar-refractivity contribution in [1.29, 1.82) is 0 Å². The summed E-state index contributed by atoms with van der Waals surface area (Å²) < 4.78 is 5.13. The van der Waals surface area contributed by atoms with Crippen molar-refractivity contribution in [1.82, 2.24) is 0 Å². The quantitative estimate of drug-likeness (QED) is 0.770. The molecule has 0 saturated carbocycles. The SMILES string of the molecule is COc1ccc(C2CCC(CBr)=N2)cc1. The second-order valence-electron chi connectivity index (χ2n) is 3.66. The minimum absolute atomic E-state index is 0.350. The van der Waals surface area contributed by atoms with Crippen molar-refractivity contribution in [3.05, 3.63) is 29.8 Å². The van der Waals surface area contributed by atoms with Crippen molar-refractivity contribution >= 4 is 21.6 Å². The van der Waals surface area contributed by atoms with Gasteiger partial charge in [0, 0.05) is 11.0 Å². The van der Waals surface area contributed by atoms with Gasteiger partial charge in [-0.1, -0.05) is 28.1 Å². The molecular weight excluding hydrogens is 254 g/mol. The van der Waals surface area contributed by atoms with Gasteiger partial charge >= 0.3 is 0 Å². The molecule has 0 radical (unpaired) electrons. The zero-order chi connectivity index (χ0) is 10.7. The number of halogens is 1. The van der Waals surface area contributed by atoms with E-state index < -0.39 is 0 Å². The van der Waals surface area contributed by atoms with Crippen LogP contribution < -0.4 is 4.74 Å². The molecule has 0 amide bonds. The zero-order valence-corrected chi connectivity index (χ0v) is 10.3. The summed E-state index contributed by atoms with van der Waals surface area (Å²) in [5, 5.41) is 0.902. The van der Waals surface area contributed by atoms with Crippen molar-refractivity contribution in [2.24, 2.45) is 4.99 Å². The van der Waals surface area contributed by atoms with Crippen LogP contribution in [0.1, 0.15) is 24.4 Å². The first-order chi connectivity index (χ1) is 7.33. The molecule has 1 aliphatic rings. The first-order valence-corrected chi connectivity index (χ1v) is 6.21. The van der Waals surface area contributed by atoms with Gasteiger partial charge in [-0.05, 0) is 30.5 Å². The maximum Gasteiger partial charge on any atom is 0.118 e. The molecule has 0 aromatic heterocycles. The average Bonchev–Trinajstić information content (AvgIpc) is 2.78. The molecule has 2 rings (SSSR count). The highest BCUT2D eigenvalue weighted by atomic mass is 79.9. The number of alkyl halides is 1. The highest BCUT2D eigenvalue weighted by Crippen LogP contribution is 2.30. The van der Waals surface area contributed by atoms with Crippen molar-refractivity contribution in [3.8, 4) is 5.75 Å². The van der Waals surface area contributed by atoms with Gasteiger partial charge in [0.15, 0.2) is 0 Å². The van der Waals surface area contributed by atoms with Crippen LogP contribution in [-0.4, -0.2) is 18.2 Å². The summed E-state index contributed by atoms with van der Waals surface area (Å²) in [4.78, 5) is 4.66.